The fourth-order valence-electron chi connectivity index (χ4n) is 2.97. The van der Waals surface area contributed by atoms with E-state index in [0.29, 0.717) is 17.4 Å². The van der Waals surface area contributed by atoms with Gasteiger partial charge in [0.1, 0.15) is 5.75 Å². The van der Waals surface area contributed by atoms with E-state index in [-0.39, 0.29) is 12.5 Å². The predicted molar refractivity (Wildman–Crippen MR) is 90.8 cm³/mol. The van der Waals surface area contributed by atoms with Crippen LogP contribution in [0.2, 0.25) is 0 Å². The first-order valence-corrected chi connectivity index (χ1v) is 8.65. The van der Waals surface area contributed by atoms with Gasteiger partial charge in [0.25, 0.3) is 11.8 Å². The van der Waals surface area contributed by atoms with Crippen LogP contribution in [0, 0.1) is 5.92 Å². The number of primary amides is 1. The molecule has 1 aromatic rings. The number of benzene rings is 1. The lowest BCUT2D eigenvalue weighted by Crippen LogP contribution is -2.45. The van der Waals surface area contributed by atoms with Crippen LogP contribution in [0.25, 0.3) is 0 Å². The Labute approximate surface area is 142 Å². The molecule has 24 heavy (non-hydrogen) atoms. The molecule has 3 N–H and O–H groups in total. The van der Waals surface area contributed by atoms with Gasteiger partial charge in [-0.25, -0.2) is 0 Å². The summed E-state index contributed by atoms with van der Waals surface area (Å²) in [7, 11) is 0. The van der Waals surface area contributed by atoms with Gasteiger partial charge in [0.2, 0.25) is 0 Å². The Bertz CT molecular complexity index is 576. The molecular formula is C18H25N3O3. The first kappa shape index (κ1) is 16.8. The molecule has 2 fully saturated rings. The molecule has 6 heteroatoms. The van der Waals surface area contributed by atoms with Crippen LogP contribution in [0.3, 0.4) is 0 Å². The number of carbonyl (C=O) groups is 2. The van der Waals surface area contributed by atoms with Crippen molar-refractivity contribution in [3.63, 3.8) is 0 Å². The van der Waals surface area contributed by atoms with Crippen LogP contribution in [-0.2, 0) is 4.79 Å². The molecule has 0 bridgehead atoms. The lowest BCUT2D eigenvalue weighted by molar-refractivity contribution is -0.119. The van der Waals surface area contributed by atoms with E-state index in [4.69, 9.17) is 10.5 Å². The van der Waals surface area contributed by atoms with Crippen molar-refractivity contribution in [2.24, 2.45) is 11.7 Å². The van der Waals surface area contributed by atoms with E-state index >= 15 is 0 Å². The molecule has 2 aliphatic rings. The lowest BCUT2D eigenvalue weighted by Gasteiger charge is -2.32. The van der Waals surface area contributed by atoms with Gasteiger partial charge in [-0.05, 0) is 62.4 Å². The normalized spacial score (nSPS) is 18.4. The zero-order valence-corrected chi connectivity index (χ0v) is 13.9. The van der Waals surface area contributed by atoms with Crippen LogP contribution in [0.4, 0.5) is 0 Å². The molecule has 1 saturated carbocycles. The monoisotopic (exact) mass is 331 g/mol. The van der Waals surface area contributed by atoms with Gasteiger partial charge >= 0.3 is 0 Å². The molecule has 0 radical (unpaired) electrons. The van der Waals surface area contributed by atoms with Gasteiger partial charge in [0.05, 0.1) is 0 Å². The van der Waals surface area contributed by atoms with Crippen molar-refractivity contribution in [3.05, 3.63) is 29.8 Å². The highest BCUT2D eigenvalue weighted by Gasteiger charge is 2.26. The van der Waals surface area contributed by atoms with Crippen LogP contribution in [0.1, 0.15) is 36.0 Å². The van der Waals surface area contributed by atoms with E-state index in [1.165, 1.54) is 12.8 Å². The van der Waals surface area contributed by atoms with Gasteiger partial charge in [-0.3, -0.25) is 9.59 Å². The molecule has 1 heterocycles. The molecule has 0 atom stereocenters. The number of amides is 2. The summed E-state index contributed by atoms with van der Waals surface area (Å²) in [6.07, 6.45) is 4.75. The van der Waals surface area contributed by atoms with Crippen LogP contribution in [0.5, 0.6) is 5.75 Å². The zero-order chi connectivity index (χ0) is 16.9. The standard InChI is InChI=1S/C18H25N3O3/c19-17(22)12-24-16-5-3-14(4-6-16)18(23)21-9-7-15(8-10-21)20-11-13-1-2-13/h3-6,13,15,20H,1-2,7-12H2,(H2,19,22). The fourth-order valence-corrected chi connectivity index (χ4v) is 2.97. The summed E-state index contributed by atoms with van der Waals surface area (Å²) in [5, 5.41) is 3.62. The van der Waals surface area contributed by atoms with Crippen molar-refractivity contribution < 1.29 is 14.3 Å². The number of piperidine rings is 1. The Balaban J connectivity index is 1.46. The molecule has 0 spiro atoms. The second-order valence-corrected chi connectivity index (χ2v) is 6.70. The van der Waals surface area contributed by atoms with Crippen molar-refractivity contribution in [3.8, 4) is 5.75 Å². The van der Waals surface area contributed by atoms with Crippen molar-refractivity contribution in [2.75, 3.05) is 26.2 Å². The van der Waals surface area contributed by atoms with E-state index in [1.54, 1.807) is 24.3 Å². The number of likely N-dealkylation sites (tertiary alicyclic amines) is 1. The summed E-state index contributed by atoms with van der Waals surface area (Å²) in [4.78, 5) is 25.2. The van der Waals surface area contributed by atoms with E-state index in [2.05, 4.69) is 5.32 Å². The number of rotatable bonds is 7. The average molecular weight is 331 g/mol. The topological polar surface area (TPSA) is 84.7 Å². The molecule has 1 saturated heterocycles. The van der Waals surface area contributed by atoms with Crippen molar-refractivity contribution in [2.45, 2.75) is 31.7 Å². The van der Waals surface area contributed by atoms with Gasteiger partial charge in [0, 0.05) is 24.7 Å². The Kier molecular flexibility index (Phi) is 5.35. The summed E-state index contributed by atoms with van der Waals surface area (Å²) < 4.78 is 5.21. The molecule has 0 unspecified atom stereocenters. The van der Waals surface area contributed by atoms with E-state index in [9.17, 15) is 9.59 Å². The Morgan fingerprint density at radius 1 is 1.12 bits per heavy atom. The number of hydrogen-bond donors (Lipinski definition) is 2. The van der Waals surface area contributed by atoms with Gasteiger partial charge in [-0.15, -0.1) is 0 Å². The fraction of sp³-hybridized carbons (Fsp3) is 0.556. The molecule has 1 aliphatic heterocycles. The zero-order valence-electron chi connectivity index (χ0n) is 13.9. The predicted octanol–water partition coefficient (Wildman–Crippen LogP) is 1.15. The highest BCUT2D eigenvalue weighted by molar-refractivity contribution is 5.94. The number of nitrogens with zero attached hydrogens (tertiary/aromatic N) is 1. The Hall–Kier alpha value is -2.08. The highest BCUT2D eigenvalue weighted by Crippen LogP contribution is 2.28. The Morgan fingerprint density at radius 2 is 1.79 bits per heavy atom. The minimum absolute atomic E-state index is 0.0529. The van der Waals surface area contributed by atoms with Gasteiger partial charge < -0.3 is 20.7 Å². The second-order valence-electron chi connectivity index (χ2n) is 6.70. The molecule has 1 aromatic carbocycles. The third-order valence-corrected chi connectivity index (χ3v) is 4.66. The molecule has 1 aliphatic carbocycles. The lowest BCUT2D eigenvalue weighted by atomic mass is 10.0. The maximum Gasteiger partial charge on any atom is 0.255 e. The summed E-state index contributed by atoms with van der Waals surface area (Å²) in [5.41, 5.74) is 5.68. The number of hydrogen-bond acceptors (Lipinski definition) is 4. The molecule has 6 nitrogen and oxygen atoms in total. The van der Waals surface area contributed by atoms with Crippen LogP contribution in [0.15, 0.2) is 24.3 Å². The van der Waals surface area contributed by atoms with Crippen LogP contribution >= 0.6 is 0 Å². The number of carbonyl (C=O) groups excluding carboxylic acids is 2. The van der Waals surface area contributed by atoms with Gasteiger partial charge in [-0.1, -0.05) is 0 Å². The largest absolute Gasteiger partial charge is 0.484 e. The van der Waals surface area contributed by atoms with Crippen molar-refractivity contribution in [1.29, 1.82) is 0 Å². The quantitative estimate of drug-likeness (QED) is 0.785. The summed E-state index contributed by atoms with van der Waals surface area (Å²) in [6, 6.07) is 7.39. The van der Waals surface area contributed by atoms with Crippen molar-refractivity contribution >= 4 is 11.8 Å². The summed E-state index contributed by atoms with van der Waals surface area (Å²) in [5.74, 6) is 0.957. The van der Waals surface area contributed by atoms with Crippen LogP contribution < -0.4 is 15.8 Å². The maximum absolute atomic E-state index is 12.6. The first-order chi connectivity index (χ1) is 11.6. The summed E-state index contributed by atoms with van der Waals surface area (Å²) >= 11 is 0. The minimum Gasteiger partial charge on any atom is -0.484 e. The third-order valence-electron chi connectivity index (χ3n) is 4.66. The third kappa shape index (κ3) is 4.71. The van der Waals surface area contributed by atoms with Crippen molar-refractivity contribution in [1.82, 2.24) is 10.2 Å². The molecule has 2 amide bonds. The SMILES string of the molecule is NC(=O)COc1ccc(C(=O)N2CCC(NCC3CC3)CC2)cc1. The molecule has 130 valence electrons. The van der Waals surface area contributed by atoms with Gasteiger partial charge in [0.15, 0.2) is 6.61 Å². The average Bonchev–Trinajstić information content (AvgIpc) is 3.43. The maximum atomic E-state index is 12.6. The smallest absolute Gasteiger partial charge is 0.255 e. The van der Waals surface area contributed by atoms with E-state index in [1.807, 2.05) is 4.90 Å². The van der Waals surface area contributed by atoms with Crippen LogP contribution in [-0.4, -0.2) is 49.0 Å². The van der Waals surface area contributed by atoms with Gasteiger partial charge in [-0.2, -0.15) is 0 Å². The van der Waals surface area contributed by atoms with E-state index < -0.39 is 5.91 Å². The summed E-state index contributed by atoms with van der Waals surface area (Å²) in [6.45, 7) is 2.56. The number of nitrogens with one attached hydrogen (secondary N) is 1. The Morgan fingerprint density at radius 3 is 2.38 bits per heavy atom. The second kappa shape index (κ2) is 7.66. The minimum atomic E-state index is -0.520. The number of nitrogens with two attached hydrogens (primary N) is 1. The molecule has 0 aromatic heterocycles. The molecule has 3 rings (SSSR count). The highest BCUT2D eigenvalue weighted by atomic mass is 16.5. The molecular weight excluding hydrogens is 306 g/mol. The number of ether oxygens (including phenoxy) is 1. The van der Waals surface area contributed by atoms with E-state index in [0.717, 1.165) is 38.4 Å². The first-order valence-electron chi connectivity index (χ1n) is 8.65.